The van der Waals surface area contributed by atoms with Gasteiger partial charge in [0, 0.05) is 32.5 Å². The SMILES string of the molecule is Cc1nc2ccc(Oc3ccc4ncc(-c5cnn(CC(C)(C)C#N)c5)nc4c3Cl)cc2n1COCC[Si](C)(C)C. The fraction of sp³-hybridized carbons (Fsp3) is 0.367. The van der Waals surface area contributed by atoms with Crippen LogP contribution in [0.2, 0.25) is 30.7 Å². The van der Waals surface area contributed by atoms with Gasteiger partial charge < -0.3 is 14.0 Å². The number of aryl methyl sites for hydroxylation is 1. The van der Waals surface area contributed by atoms with E-state index in [1.54, 1.807) is 23.1 Å². The van der Waals surface area contributed by atoms with E-state index in [0.717, 1.165) is 35.1 Å². The number of benzene rings is 2. The van der Waals surface area contributed by atoms with E-state index in [1.165, 1.54) is 0 Å². The van der Waals surface area contributed by atoms with Crippen LogP contribution in [-0.4, -0.2) is 44.0 Å². The first-order valence-corrected chi connectivity index (χ1v) is 17.6. The van der Waals surface area contributed by atoms with E-state index in [0.29, 0.717) is 46.5 Å². The number of fused-ring (bicyclic) bond motifs is 2. The highest BCUT2D eigenvalue weighted by Crippen LogP contribution is 2.36. The molecule has 0 saturated carbocycles. The van der Waals surface area contributed by atoms with E-state index >= 15 is 0 Å². The topological polar surface area (TPSA) is 104 Å². The molecule has 0 aliphatic rings. The quantitative estimate of drug-likeness (QED) is 0.123. The first kappa shape index (κ1) is 28.7. The molecule has 0 fully saturated rings. The molecular weight excluding hydrogens is 554 g/mol. The minimum atomic E-state index is -1.16. The molecule has 212 valence electrons. The molecule has 11 heteroatoms. The van der Waals surface area contributed by atoms with Crippen LogP contribution >= 0.6 is 11.6 Å². The van der Waals surface area contributed by atoms with Crippen LogP contribution < -0.4 is 4.74 Å². The molecular formula is C30H34ClN7O2Si. The molecule has 9 nitrogen and oxygen atoms in total. The van der Waals surface area contributed by atoms with Crippen molar-refractivity contribution in [2.75, 3.05) is 6.61 Å². The number of aromatic nitrogens is 6. The second kappa shape index (κ2) is 11.2. The van der Waals surface area contributed by atoms with Gasteiger partial charge in [0.1, 0.15) is 34.6 Å². The van der Waals surface area contributed by atoms with Crippen molar-refractivity contribution in [2.24, 2.45) is 5.41 Å². The van der Waals surface area contributed by atoms with Crippen LogP contribution in [0.5, 0.6) is 11.5 Å². The molecule has 0 bridgehead atoms. The largest absolute Gasteiger partial charge is 0.456 e. The van der Waals surface area contributed by atoms with E-state index < -0.39 is 13.5 Å². The number of hydrogen-bond acceptors (Lipinski definition) is 7. The Morgan fingerprint density at radius 2 is 1.85 bits per heavy atom. The first-order chi connectivity index (χ1) is 19.4. The molecule has 2 aromatic carbocycles. The number of halogens is 1. The normalized spacial score (nSPS) is 12.2. The molecule has 3 aromatic heterocycles. The highest BCUT2D eigenvalue weighted by Gasteiger charge is 2.19. The highest BCUT2D eigenvalue weighted by molar-refractivity contribution is 6.76. The molecule has 0 aliphatic heterocycles. The fourth-order valence-electron chi connectivity index (χ4n) is 4.38. The maximum absolute atomic E-state index is 9.35. The molecule has 0 aliphatic carbocycles. The zero-order chi connectivity index (χ0) is 29.4. The third kappa shape index (κ3) is 6.59. The number of imidazole rings is 1. The molecule has 3 heterocycles. The van der Waals surface area contributed by atoms with Crippen molar-refractivity contribution in [2.45, 2.75) is 59.7 Å². The maximum atomic E-state index is 9.35. The summed E-state index contributed by atoms with van der Waals surface area (Å²) in [5.41, 5.74) is 3.89. The maximum Gasteiger partial charge on any atom is 0.148 e. The lowest BCUT2D eigenvalue weighted by molar-refractivity contribution is 0.0885. The Morgan fingerprint density at radius 3 is 2.61 bits per heavy atom. The van der Waals surface area contributed by atoms with Gasteiger partial charge in [-0.1, -0.05) is 31.2 Å². The summed E-state index contributed by atoms with van der Waals surface area (Å²) in [6.07, 6.45) is 5.27. The molecule has 5 aromatic rings. The predicted octanol–water partition coefficient (Wildman–Crippen LogP) is 7.46. The van der Waals surface area contributed by atoms with Crippen molar-refractivity contribution >= 4 is 41.7 Å². The second-order valence-corrected chi connectivity index (χ2v) is 18.1. The zero-order valence-corrected chi connectivity index (χ0v) is 26.0. The summed E-state index contributed by atoms with van der Waals surface area (Å²) >= 11 is 6.82. The lowest BCUT2D eigenvalue weighted by Gasteiger charge is -2.16. The Morgan fingerprint density at radius 1 is 1.07 bits per heavy atom. The van der Waals surface area contributed by atoms with Crippen LogP contribution in [0.4, 0.5) is 0 Å². The van der Waals surface area contributed by atoms with Crippen molar-refractivity contribution in [1.29, 1.82) is 5.26 Å². The van der Waals surface area contributed by atoms with Crippen molar-refractivity contribution in [3.63, 3.8) is 0 Å². The number of nitriles is 1. The summed E-state index contributed by atoms with van der Waals surface area (Å²) in [5.74, 6) is 1.99. The van der Waals surface area contributed by atoms with Crippen molar-refractivity contribution < 1.29 is 9.47 Å². The smallest absolute Gasteiger partial charge is 0.148 e. The van der Waals surface area contributed by atoms with Gasteiger partial charge in [-0.15, -0.1) is 0 Å². The molecule has 0 atom stereocenters. The number of rotatable bonds is 10. The van der Waals surface area contributed by atoms with Gasteiger partial charge in [-0.2, -0.15) is 10.4 Å². The predicted molar refractivity (Wildman–Crippen MR) is 164 cm³/mol. The molecule has 5 rings (SSSR count). The molecule has 41 heavy (non-hydrogen) atoms. The third-order valence-electron chi connectivity index (χ3n) is 6.76. The molecule has 0 spiro atoms. The Balaban J connectivity index is 1.39. The average Bonchev–Trinajstić information content (AvgIpc) is 3.50. The minimum Gasteiger partial charge on any atom is -0.456 e. The Bertz CT molecular complexity index is 1760. The average molecular weight is 588 g/mol. The lowest BCUT2D eigenvalue weighted by Crippen LogP contribution is -2.22. The summed E-state index contributed by atoms with van der Waals surface area (Å²) in [6, 6.07) is 12.8. The molecule has 0 amide bonds. The van der Waals surface area contributed by atoms with Gasteiger partial charge in [-0.3, -0.25) is 9.67 Å². The second-order valence-electron chi connectivity index (χ2n) is 12.1. The van der Waals surface area contributed by atoms with Gasteiger partial charge in [0.2, 0.25) is 0 Å². The Hall–Kier alpha value is -3.78. The van der Waals surface area contributed by atoms with E-state index in [2.05, 4.69) is 45.3 Å². The van der Waals surface area contributed by atoms with Gasteiger partial charge in [0.15, 0.2) is 0 Å². The molecule has 0 radical (unpaired) electrons. The number of hydrogen-bond donors (Lipinski definition) is 0. The van der Waals surface area contributed by atoms with Crippen LogP contribution in [0, 0.1) is 23.7 Å². The van der Waals surface area contributed by atoms with Gasteiger partial charge >= 0.3 is 0 Å². The summed E-state index contributed by atoms with van der Waals surface area (Å²) in [6.45, 7) is 14.4. The van der Waals surface area contributed by atoms with E-state index in [1.807, 2.05) is 51.2 Å². The lowest BCUT2D eigenvalue weighted by atomic mass is 9.96. The number of ether oxygens (including phenoxy) is 2. The third-order valence-corrected chi connectivity index (χ3v) is 8.83. The van der Waals surface area contributed by atoms with Gasteiger partial charge in [-0.25, -0.2) is 9.97 Å². The van der Waals surface area contributed by atoms with Gasteiger partial charge in [0.05, 0.1) is 52.7 Å². The Labute approximate surface area is 245 Å². The van der Waals surface area contributed by atoms with Crippen LogP contribution in [0.3, 0.4) is 0 Å². The van der Waals surface area contributed by atoms with E-state index in [4.69, 9.17) is 26.1 Å². The van der Waals surface area contributed by atoms with Crippen LogP contribution in [-0.2, 0) is 18.0 Å². The first-order valence-electron chi connectivity index (χ1n) is 13.5. The van der Waals surface area contributed by atoms with E-state index in [9.17, 15) is 5.26 Å². The van der Waals surface area contributed by atoms with E-state index in [-0.39, 0.29) is 0 Å². The molecule has 0 N–H and O–H groups in total. The van der Waals surface area contributed by atoms with Gasteiger partial charge in [-0.05, 0) is 51.1 Å². The van der Waals surface area contributed by atoms with Crippen LogP contribution in [0.1, 0.15) is 19.7 Å². The minimum absolute atomic E-state index is 0.370. The van der Waals surface area contributed by atoms with Crippen LogP contribution in [0.15, 0.2) is 48.9 Å². The highest BCUT2D eigenvalue weighted by atomic mass is 35.5. The summed E-state index contributed by atoms with van der Waals surface area (Å²) < 4.78 is 16.1. The number of nitrogens with zero attached hydrogens (tertiary/aromatic N) is 7. The standard InChI is InChI=1S/C30H34ClN7O2Si/c1-20-35-23-8-7-22(13-26(23)38(20)19-39-11-12-41(4,5)6)40-27-10-9-24-29(28(27)31)36-25(15-33-24)21-14-34-37(16-21)18-30(2,3)17-32/h7-10,13-16H,11-12,18-19H2,1-6H3. The van der Waals surface area contributed by atoms with Crippen LogP contribution in [0.25, 0.3) is 33.3 Å². The molecule has 0 unspecified atom stereocenters. The monoisotopic (exact) mass is 587 g/mol. The zero-order valence-electron chi connectivity index (χ0n) is 24.3. The molecule has 0 saturated heterocycles. The van der Waals surface area contributed by atoms with Crippen molar-refractivity contribution in [1.82, 2.24) is 29.3 Å². The fourth-order valence-corrected chi connectivity index (χ4v) is 5.37. The summed E-state index contributed by atoms with van der Waals surface area (Å²) in [7, 11) is -1.16. The Kier molecular flexibility index (Phi) is 7.88. The summed E-state index contributed by atoms with van der Waals surface area (Å²) in [4.78, 5) is 14.0. The summed E-state index contributed by atoms with van der Waals surface area (Å²) in [5, 5.41) is 14.1. The van der Waals surface area contributed by atoms with Crippen molar-refractivity contribution in [3.05, 3.63) is 59.8 Å². The van der Waals surface area contributed by atoms with Gasteiger partial charge in [0.25, 0.3) is 0 Å². The van der Waals surface area contributed by atoms with Crippen molar-refractivity contribution in [3.8, 4) is 28.8 Å².